The van der Waals surface area contributed by atoms with Crippen LogP contribution in [0.1, 0.15) is 39.4 Å². The van der Waals surface area contributed by atoms with E-state index in [1.54, 1.807) is 13.0 Å². The third-order valence-corrected chi connectivity index (χ3v) is 4.98. The molecule has 3 atom stereocenters. The Bertz CT molecular complexity index is 669. The van der Waals surface area contributed by atoms with E-state index < -0.39 is 12.2 Å². The summed E-state index contributed by atoms with van der Waals surface area (Å²) in [6.45, 7) is 7.63. The van der Waals surface area contributed by atoms with Crippen LogP contribution in [0.3, 0.4) is 0 Å². The minimum absolute atomic E-state index is 0.119. The average molecular weight is 410 g/mol. The molecule has 0 saturated carbocycles. The van der Waals surface area contributed by atoms with E-state index in [1.807, 2.05) is 45.0 Å². The molecule has 6 heteroatoms. The molecule has 1 aliphatic rings. The number of carbonyl (C=O) groups excluding carboxylic acids is 2. The SMILES string of the molecule is C/C(=C\[C@@H](C)[C@@H](O)c1ccc(Br)cc1)C(=O)N1C(=O)OC[C@H]1C(C)C. The topological polar surface area (TPSA) is 66.8 Å². The normalized spacial score (nSPS) is 20.6. The van der Waals surface area contributed by atoms with Gasteiger partial charge >= 0.3 is 6.09 Å². The highest BCUT2D eigenvalue weighted by Gasteiger charge is 2.40. The first-order valence-corrected chi connectivity index (χ1v) is 9.14. The lowest BCUT2D eigenvalue weighted by molar-refractivity contribution is -0.125. The lowest BCUT2D eigenvalue weighted by Crippen LogP contribution is -2.42. The summed E-state index contributed by atoms with van der Waals surface area (Å²) in [7, 11) is 0. The highest BCUT2D eigenvalue weighted by molar-refractivity contribution is 9.10. The van der Waals surface area contributed by atoms with Crippen molar-refractivity contribution in [1.29, 1.82) is 0 Å². The summed E-state index contributed by atoms with van der Waals surface area (Å²) in [6, 6.07) is 7.14. The fourth-order valence-corrected chi connectivity index (χ4v) is 3.13. The molecule has 0 bridgehead atoms. The van der Waals surface area contributed by atoms with Gasteiger partial charge in [0, 0.05) is 16.0 Å². The summed E-state index contributed by atoms with van der Waals surface area (Å²) in [4.78, 5) is 25.8. The number of hydrogen-bond acceptors (Lipinski definition) is 4. The van der Waals surface area contributed by atoms with Crippen molar-refractivity contribution >= 4 is 27.9 Å². The number of cyclic esters (lactones) is 1. The van der Waals surface area contributed by atoms with Gasteiger partial charge in [0.1, 0.15) is 6.61 Å². The van der Waals surface area contributed by atoms with Gasteiger partial charge in [0.15, 0.2) is 0 Å². The summed E-state index contributed by atoms with van der Waals surface area (Å²) in [5.41, 5.74) is 1.20. The molecule has 1 aliphatic heterocycles. The highest BCUT2D eigenvalue weighted by atomic mass is 79.9. The molecular weight excluding hydrogens is 386 g/mol. The van der Waals surface area contributed by atoms with Gasteiger partial charge in [-0.25, -0.2) is 9.69 Å². The van der Waals surface area contributed by atoms with Crippen molar-refractivity contribution in [2.45, 2.75) is 39.8 Å². The number of hydrogen-bond donors (Lipinski definition) is 1. The largest absolute Gasteiger partial charge is 0.447 e. The second-order valence-corrected chi connectivity index (χ2v) is 7.68. The highest BCUT2D eigenvalue weighted by Crippen LogP contribution is 2.27. The Morgan fingerprint density at radius 2 is 1.92 bits per heavy atom. The van der Waals surface area contributed by atoms with Gasteiger partial charge < -0.3 is 9.84 Å². The zero-order valence-electron chi connectivity index (χ0n) is 14.9. The van der Waals surface area contributed by atoms with Gasteiger partial charge in [-0.1, -0.05) is 54.9 Å². The lowest BCUT2D eigenvalue weighted by atomic mass is 9.95. The Kier molecular flexibility index (Phi) is 6.41. The minimum atomic E-state index is -0.734. The van der Waals surface area contributed by atoms with E-state index in [1.165, 1.54) is 4.90 Å². The second-order valence-electron chi connectivity index (χ2n) is 6.77. The van der Waals surface area contributed by atoms with Gasteiger partial charge in [-0.2, -0.15) is 0 Å². The van der Waals surface area contributed by atoms with Gasteiger partial charge in [0.05, 0.1) is 12.1 Å². The third-order valence-electron chi connectivity index (χ3n) is 4.45. The van der Waals surface area contributed by atoms with E-state index in [2.05, 4.69) is 15.9 Å². The fraction of sp³-hybridized carbons (Fsp3) is 0.474. The van der Waals surface area contributed by atoms with Crippen LogP contribution < -0.4 is 0 Å². The number of carbonyl (C=O) groups is 2. The number of aliphatic hydroxyl groups is 1. The van der Waals surface area contributed by atoms with E-state index >= 15 is 0 Å². The predicted molar refractivity (Wildman–Crippen MR) is 98.8 cm³/mol. The van der Waals surface area contributed by atoms with Crippen molar-refractivity contribution in [2.24, 2.45) is 11.8 Å². The van der Waals surface area contributed by atoms with Crippen LogP contribution in [-0.2, 0) is 9.53 Å². The molecule has 0 unspecified atom stereocenters. The van der Waals surface area contributed by atoms with Crippen molar-refractivity contribution in [2.75, 3.05) is 6.61 Å². The summed E-state index contributed by atoms with van der Waals surface area (Å²) in [5.74, 6) is -0.522. The monoisotopic (exact) mass is 409 g/mol. The van der Waals surface area contributed by atoms with Crippen LogP contribution in [0, 0.1) is 11.8 Å². The van der Waals surface area contributed by atoms with Crippen LogP contribution in [0.25, 0.3) is 0 Å². The van der Waals surface area contributed by atoms with Crippen molar-refractivity contribution in [3.05, 3.63) is 46.0 Å². The van der Waals surface area contributed by atoms with Crippen molar-refractivity contribution in [3.63, 3.8) is 0 Å². The number of rotatable bonds is 5. The molecule has 1 aromatic carbocycles. The van der Waals surface area contributed by atoms with Crippen LogP contribution in [0.15, 0.2) is 40.4 Å². The Labute approximate surface area is 156 Å². The molecule has 1 fully saturated rings. The van der Waals surface area contributed by atoms with E-state index in [0.717, 1.165) is 10.0 Å². The van der Waals surface area contributed by atoms with Gasteiger partial charge in [0.25, 0.3) is 5.91 Å². The Morgan fingerprint density at radius 3 is 2.48 bits per heavy atom. The Balaban J connectivity index is 2.14. The first kappa shape index (κ1) is 19.7. The zero-order chi connectivity index (χ0) is 18.7. The molecule has 25 heavy (non-hydrogen) atoms. The maximum atomic E-state index is 12.7. The molecule has 0 radical (unpaired) electrons. The molecule has 5 nitrogen and oxygen atoms in total. The maximum Gasteiger partial charge on any atom is 0.417 e. The Morgan fingerprint density at radius 1 is 1.32 bits per heavy atom. The van der Waals surface area contributed by atoms with Gasteiger partial charge in [0.2, 0.25) is 0 Å². The number of aliphatic hydroxyl groups excluding tert-OH is 1. The first-order valence-electron chi connectivity index (χ1n) is 8.34. The van der Waals surface area contributed by atoms with E-state index in [4.69, 9.17) is 4.74 Å². The number of ether oxygens (including phenoxy) is 1. The molecule has 1 heterocycles. The summed E-state index contributed by atoms with van der Waals surface area (Å²) in [5, 5.41) is 10.5. The van der Waals surface area contributed by atoms with Crippen molar-refractivity contribution in [3.8, 4) is 0 Å². The van der Waals surface area contributed by atoms with E-state index in [-0.39, 0.29) is 30.4 Å². The molecule has 1 aromatic rings. The standard InChI is InChI=1S/C19H24BrNO4/c1-11(2)16-10-25-19(24)21(16)18(23)13(4)9-12(3)17(22)14-5-7-15(20)8-6-14/h5-9,11-12,16-17,22H,10H2,1-4H3/b13-9+/t12-,16+,17-/m1/s1. The van der Waals surface area contributed by atoms with Crippen molar-refractivity contribution < 1.29 is 19.4 Å². The first-order chi connectivity index (χ1) is 11.7. The van der Waals surface area contributed by atoms with E-state index in [9.17, 15) is 14.7 Å². The fourth-order valence-electron chi connectivity index (χ4n) is 2.87. The molecule has 0 spiro atoms. The molecule has 1 N–H and O–H groups in total. The zero-order valence-corrected chi connectivity index (χ0v) is 16.5. The quantitative estimate of drug-likeness (QED) is 0.744. The molecule has 2 amide bonds. The molecule has 2 rings (SSSR count). The molecule has 1 saturated heterocycles. The number of halogens is 1. The third kappa shape index (κ3) is 4.50. The molecule has 0 aromatic heterocycles. The maximum absolute atomic E-state index is 12.7. The predicted octanol–water partition coefficient (Wildman–Crippen LogP) is 4.07. The summed E-state index contributed by atoms with van der Waals surface area (Å²) < 4.78 is 5.96. The number of imide groups is 1. The Hall–Kier alpha value is -1.66. The van der Waals surface area contributed by atoms with Crippen molar-refractivity contribution in [1.82, 2.24) is 4.90 Å². The van der Waals surface area contributed by atoms with Crippen LogP contribution in [0.4, 0.5) is 4.79 Å². The molecule has 136 valence electrons. The second kappa shape index (κ2) is 8.15. The van der Waals surface area contributed by atoms with E-state index in [0.29, 0.717) is 5.57 Å². The van der Waals surface area contributed by atoms with Crippen LogP contribution in [0.5, 0.6) is 0 Å². The number of amides is 2. The van der Waals surface area contributed by atoms with Crippen LogP contribution in [0.2, 0.25) is 0 Å². The van der Waals surface area contributed by atoms with Gasteiger partial charge in [-0.05, 0) is 30.5 Å². The van der Waals surface area contributed by atoms with Gasteiger partial charge in [-0.3, -0.25) is 4.79 Å². The lowest BCUT2D eigenvalue weighted by Gasteiger charge is -2.23. The summed E-state index contributed by atoms with van der Waals surface area (Å²) in [6.07, 6.45) is 0.373. The minimum Gasteiger partial charge on any atom is -0.447 e. The number of nitrogens with zero attached hydrogens (tertiary/aromatic N) is 1. The average Bonchev–Trinajstić information content (AvgIpc) is 2.95. The van der Waals surface area contributed by atoms with Crippen LogP contribution in [-0.4, -0.2) is 34.7 Å². The number of benzene rings is 1. The molecular formula is C19H24BrNO4. The van der Waals surface area contributed by atoms with Crippen LogP contribution >= 0.6 is 15.9 Å². The molecule has 0 aliphatic carbocycles. The summed E-state index contributed by atoms with van der Waals surface area (Å²) >= 11 is 3.36. The smallest absolute Gasteiger partial charge is 0.417 e. The van der Waals surface area contributed by atoms with Gasteiger partial charge in [-0.15, -0.1) is 0 Å².